The number of carboxylic acid groups (broad SMARTS) is 1. The first-order chi connectivity index (χ1) is 9.90. The van der Waals surface area contributed by atoms with Crippen molar-refractivity contribution in [3.8, 4) is 0 Å². The van der Waals surface area contributed by atoms with Crippen molar-refractivity contribution >= 4 is 35.2 Å². The van der Waals surface area contributed by atoms with Crippen LogP contribution in [0.1, 0.15) is 26.7 Å². The number of thioether (sulfide) groups is 1. The zero-order valence-corrected chi connectivity index (χ0v) is 13.7. The molecule has 1 aromatic rings. The lowest BCUT2D eigenvalue weighted by atomic mass is 10.0. The molecule has 2 unspecified atom stereocenters. The van der Waals surface area contributed by atoms with Gasteiger partial charge in [-0.1, -0.05) is 11.6 Å². The van der Waals surface area contributed by atoms with Crippen LogP contribution in [-0.2, 0) is 9.59 Å². The molecule has 0 saturated heterocycles. The standard InChI is InChI=1S/C15H20ClNO3S/c1-10(15(19)20)11(2)17-14(18)4-3-9-21-13-7-5-12(16)6-8-13/h5-8,10-11H,3-4,9H2,1-2H3,(H,17,18)(H,19,20). The smallest absolute Gasteiger partial charge is 0.308 e. The molecule has 1 aromatic carbocycles. The van der Waals surface area contributed by atoms with E-state index >= 15 is 0 Å². The van der Waals surface area contributed by atoms with Gasteiger partial charge in [-0.25, -0.2) is 0 Å². The first-order valence-corrected chi connectivity index (χ1v) is 8.17. The van der Waals surface area contributed by atoms with E-state index in [1.807, 2.05) is 24.3 Å². The third-order valence-electron chi connectivity index (χ3n) is 3.16. The molecule has 1 rings (SSSR count). The first kappa shape index (κ1) is 17.9. The van der Waals surface area contributed by atoms with E-state index in [1.54, 1.807) is 25.6 Å². The average molecular weight is 330 g/mol. The Hall–Kier alpha value is -1.20. The molecule has 0 aliphatic heterocycles. The minimum atomic E-state index is -0.902. The monoisotopic (exact) mass is 329 g/mol. The van der Waals surface area contributed by atoms with Gasteiger partial charge in [-0.2, -0.15) is 0 Å². The van der Waals surface area contributed by atoms with Crippen LogP contribution in [0.25, 0.3) is 0 Å². The number of carboxylic acids is 1. The number of halogens is 1. The third-order valence-corrected chi connectivity index (χ3v) is 4.51. The Bertz CT molecular complexity index is 478. The van der Waals surface area contributed by atoms with Gasteiger partial charge >= 0.3 is 5.97 Å². The fourth-order valence-electron chi connectivity index (χ4n) is 1.62. The molecule has 0 bridgehead atoms. The highest BCUT2D eigenvalue weighted by atomic mass is 35.5. The average Bonchev–Trinajstić information content (AvgIpc) is 2.44. The van der Waals surface area contributed by atoms with E-state index in [0.717, 1.165) is 17.1 Å². The van der Waals surface area contributed by atoms with Gasteiger partial charge in [-0.3, -0.25) is 9.59 Å². The largest absolute Gasteiger partial charge is 0.481 e. The zero-order chi connectivity index (χ0) is 15.8. The Morgan fingerprint density at radius 2 is 1.90 bits per heavy atom. The van der Waals surface area contributed by atoms with Crippen molar-refractivity contribution in [2.45, 2.75) is 37.6 Å². The van der Waals surface area contributed by atoms with Crippen LogP contribution in [-0.4, -0.2) is 28.8 Å². The quantitative estimate of drug-likeness (QED) is 0.566. The topological polar surface area (TPSA) is 66.4 Å². The molecule has 0 radical (unpaired) electrons. The number of benzene rings is 1. The van der Waals surface area contributed by atoms with Gasteiger partial charge in [0.25, 0.3) is 0 Å². The highest BCUT2D eigenvalue weighted by Crippen LogP contribution is 2.21. The van der Waals surface area contributed by atoms with Crippen LogP contribution < -0.4 is 5.32 Å². The molecule has 2 N–H and O–H groups in total. The summed E-state index contributed by atoms with van der Waals surface area (Å²) in [6.07, 6.45) is 1.14. The molecule has 116 valence electrons. The molecule has 1 amide bonds. The van der Waals surface area contributed by atoms with E-state index in [4.69, 9.17) is 16.7 Å². The van der Waals surface area contributed by atoms with Gasteiger partial charge in [0.15, 0.2) is 0 Å². The molecule has 2 atom stereocenters. The highest BCUT2D eigenvalue weighted by Gasteiger charge is 2.20. The van der Waals surface area contributed by atoms with Crippen molar-refractivity contribution in [2.24, 2.45) is 5.92 Å². The van der Waals surface area contributed by atoms with E-state index in [-0.39, 0.29) is 11.9 Å². The minimum absolute atomic E-state index is 0.104. The number of nitrogens with one attached hydrogen (secondary N) is 1. The summed E-state index contributed by atoms with van der Waals surface area (Å²) < 4.78 is 0. The maximum atomic E-state index is 11.7. The van der Waals surface area contributed by atoms with Crippen LogP contribution in [0.5, 0.6) is 0 Å². The molecule has 21 heavy (non-hydrogen) atoms. The predicted molar refractivity (Wildman–Crippen MR) is 85.8 cm³/mol. The van der Waals surface area contributed by atoms with E-state index in [1.165, 1.54) is 0 Å². The fourth-order valence-corrected chi connectivity index (χ4v) is 2.60. The molecular weight excluding hydrogens is 310 g/mol. The summed E-state index contributed by atoms with van der Waals surface area (Å²) in [6.45, 7) is 3.29. The maximum absolute atomic E-state index is 11.7. The summed E-state index contributed by atoms with van der Waals surface area (Å²) in [7, 11) is 0. The Morgan fingerprint density at radius 1 is 1.29 bits per heavy atom. The number of hydrogen-bond acceptors (Lipinski definition) is 3. The second-order valence-corrected chi connectivity index (χ2v) is 6.49. The Balaban J connectivity index is 2.21. The van der Waals surface area contributed by atoms with Gasteiger partial charge in [-0.05, 0) is 50.3 Å². The van der Waals surface area contributed by atoms with E-state index in [9.17, 15) is 9.59 Å². The summed E-state index contributed by atoms with van der Waals surface area (Å²) in [6, 6.07) is 7.21. The van der Waals surface area contributed by atoms with E-state index < -0.39 is 11.9 Å². The molecule has 0 heterocycles. The van der Waals surface area contributed by atoms with Crippen molar-refractivity contribution in [1.82, 2.24) is 5.32 Å². The molecule has 0 aliphatic rings. The number of amides is 1. The maximum Gasteiger partial charge on any atom is 0.308 e. The van der Waals surface area contributed by atoms with Crippen LogP contribution in [0, 0.1) is 5.92 Å². The summed E-state index contributed by atoms with van der Waals surface area (Å²) >= 11 is 7.48. The number of rotatable bonds is 8. The zero-order valence-electron chi connectivity index (χ0n) is 12.1. The highest BCUT2D eigenvalue weighted by molar-refractivity contribution is 7.99. The van der Waals surface area contributed by atoms with Crippen LogP contribution >= 0.6 is 23.4 Å². The first-order valence-electron chi connectivity index (χ1n) is 6.80. The Labute approximate surface area is 134 Å². The van der Waals surface area contributed by atoms with Gasteiger partial charge in [0.2, 0.25) is 5.91 Å². The van der Waals surface area contributed by atoms with Gasteiger partial charge in [0, 0.05) is 22.4 Å². The van der Waals surface area contributed by atoms with E-state index in [2.05, 4.69) is 5.32 Å². The second-order valence-electron chi connectivity index (χ2n) is 4.89. The van der Waals surface area contributed by atoms with Gasteiger partial charge in [-0.15, -0.1) is 11.8 Å². The van der Waals surface area contributed by atoms with Crippen LogP contribution in [0.3, 0.4) is 0 Å². The van der Waals surface area contributed by atoms with E-state index in [0.29, 0.717) is 11.4 Å². The fraction of sp³-hybridized carbons (Fsp3) is 0.467. The third kappa shape index (κ3) is 6.87. The lowest BCUT2D eigenvalue weighted by molar-refractivity contribution is -0.142. The number of aliphatic carboxylic acids is 1. The van der Waals surface area contributed by atoms with Crippen LogP contribution in [0.15, 0.2) is 29.2 Å². The molecule has 0 aromatic heterocycles. The van der Waals surface area contributed by atoms with Crippen molar-refractivity contribution < 1.29 is 14.7 Å². The predicted octanol–water partition coefficient (Wildman–Crippen LogP) is 3.44. The second kappa shape index (κ2) is 8.95. The Kier molecular flexibility index (Phi) is 7.61. The van der Waals surface area contributed by atoms with Gasteiger partial charge in [0.1, 0.15) is 0 Å². The summed E-state index contributed by atoms with van der Waals surface area (Å²) in [4.78, 5) is 23.6. The molecule has 0 spiro atoms. The lowest BCUT2D eigenvalue weighted by Crippen LogP contribution is -2.39. The normalized spacial score (nSPS) is 13.5. The molecule has 0 fully saturated rings. The van der Waals surface area contributed by atoms with Crippen molar-refractivity contribution in [3.05, 3.63) is 29.3 Å². The van der Waals surface area contributed by atoms with Crippen molar-refractivity contribution in [1.29, 1.82) is 0 Å². The summed E-state index contributed by atoms with van der Waals surface area (Å²) in [5.41, 5.74) is 0. The van der Waals surface area contributed by atoms with Crippen LogP contribution in [0.4, 0.5) is 0 Å². The molecular formula is C15H20ClNO3S. The van der Waals surface area contributed by atoms with Gasteiger partial charge < -0.3 is 10.4 Å². The number of carbonyl (C=O) groups is 2. The SMILES string of the molecule is CC(NC(=O)CCCSc1ccc(Cl)cc1)C(C)C(=O)O. The number of carbonyl (C=O) groups excluding carboxylic acids is 1. The molecule has 6 heteroatoms. The minimum Gasteiger partial charge on any atom is -0.481 e. The van der Waals surface area contributed by atoms with Gasteiger partial charge in [0.05, 0.1) is 5.92 Å². The van der Waals surface area contributed by atoms with Crippen molar-refractivity contribution in [2.75, 3.05) is 5.75 Å². The molecule has 0 saturated carbocycles. The summed E-state index contributed by atoms with van der Waals surface area (Å²) in [5, 5.41) is 12.3. The Morgan fingerprint density at radius 3 is 2.48 bits per heavy atom. The summed E-state index contributed by atoms with van der Waals surface area (Å²) in [5.74, 6) is -0.761. The number of hydrogen-bond donors (Lipinski definition) is 2. The lowest BCUT2D eigenvalue weighted by Gasteiger charge is -2.17. The molecule has 0 aliphatic carbocycles. The van der Waals surface area contributed by atoms with Crippen molar-refractivity contribution in [3.63, 3.8) is 0 Å². The molecule has 4 nitrogen and oxygen atoms in total. The van der Waals surface area contributed by atoms with Crippen LogP contribution in [0.2, 0.25) is 5.02 Å².